The lowest BCUT2D eigenvalue weighted by Gasteiger charge is -2.35. The third-order valence-corrected chi connectivity index (χ3v) is 6.86. The number of fused-ring (bicyclic) bond motifs is 1. The molecule has 0 bridgehead atoms. The van der Waals surface area contributed by atoms with Crippen molar-refractivity contribution in [2.24, 2.45) is 5.92 Å². The molecule has 5 heterocycles. The Morgan fingerprint density at radius 1 is 1.23 bits per heavy atom. The van der Waals surface area contributed by atoms with Gasteiger partial charge in [0.1, 0.15) is 12.1 Å². The molecule has 9 heteroatoms. The molecule has 158 valence electrons. The van der Waals surface area contributed by atoms with Gasteiger partial charge in [0, 0.05) is 37.0 Å². The lowest BCUT2D eigenvalue weighted by atomic mass is 9.95. The third-order valence-electron chi connectivity index (χ3n) is 6.00. The van der Waals surface area contributed by atoms with Crippen LogP contribution in [0, 0.1) is 5.92 Å². The van der Waals surface area contributed by atoms with Gasteiger partial charge < -0.3 is 14.5 Å². The van der Waals surface area contributed by atoms with E-state index in [2.05, 4.69) is 31.6 Å². The van der Waals surface area contributed by atoms with Crippen LogP contribution in [-0.2, 0) is 16.1 Å². The van der Waals surface area contributed by atoms with E-state index in [1.807, 2.05) is 23.1 Å². The molecule has 2 fully saturated rings. The second-order valence-corrected chi connectivity index (χ2v) is 9.05. The number of nitrogens with zero attached hydrogens (tertiary/aromatic N) is 6. The standard InChI is InChI=1S/C21H26N6O2S/c28-21(26(13-17-3-1-11-29-17)14-18-4-2-12-30-18)16-7-9-25(10-8-16)20-6-5-19-23-22-15-27(19)24-20/h2,4-6,12,15-17H,1,3,7-11,13-14H2. The van der Waals surface area contributed by atoms with Crippen LogP contribution in [0.25, 0.3) is 5.65 Å². The zero-order valence-corrected chi connectivity index (χ0v) is 17.7. The summed E-state index contributed by atoms with van der Waals surface area (Å²) in [5.41, 5.74) is 0.738. The van der Waals surface area contributed by atoms with Crippen molar-refractivity contribution in [1.82, 2.24) is 24.7 Å². The van der Waals surface area contributed by atoms with Crippen LogP contribution >= 0.6 is 11.3 Å². The number of aromatic nitrogens is 4. The van der Waals surface area contributed by atoms with Gasteiger partial charge in [-0.1, -0.05) is 6.07 Å². The molecule has 0 aromatic carbocycles. The summed E-state index contributed by atoms with van der Waals surface area (Å²) in [7, 11) is 0. The Balaban J connectivity index is 1.23. The number of rotatable bonds is 6. The Morgan fingerprint density at radius 3 is 2.90 bits per heavy atom. The highest BCUT2D eigenvalue weighted by Crippen LogP contribution is 2.26. The van der Waals surface area contributed by atoms with Crippen molar-refractivity contribution in [1.29, 1.82) is 0 Å². The van der Waals surface area contributed by atoms with E-state index in [1.165, 1.54) is 4.88 Å². The molecule has 2 aliphatic heterocycles. The van der Waals surface area contributed by atoms with Gasteiger partial charge in [-0.3, -0.25) is 4.79 Å². The highest BCUT2D eigenvalue weighted by Gasteiger charge is 2.31. The van der Waals surface area contributed by atoms with Crippen molar-refractivity contribution in [3.8, 4) is 0 Å². The molecule has 3 aromatic heterocycles. The Morgan fingerprint density at radius 2 is 2.13 bits per heavy atom. The monoisotopic (exact) mass is 426 g/mol. The average Bonchev–Trinajstić information content (AvgIpc) is 3.55. The quantitative estimate of drug-likeness (QED) is 0.603. The first-order valence-corrected chi connectivity index (χ1v) is 11.5. The van der Waals surface area contributed by atoms with Crippen LogP contribution in [0.4, 0.5) is 5.82 Å². The molecular formula is C21H26N6O2S. The molecule has 1 amide bonds. The van der Waals surface area contributed by atoms with Crippen molar-refractivity contribution in [3.05, 3.63) is 40.8 Å². The molecule has 0 saturated carbocycles. The van der Waals surface area contributed by atoms with Crippen LogP contribution < -0.4 is 4.90 Å². The molecule has 5 rings (SSSR count). The zero-order valence-electron chi connectivity index (χ0n) is 16.9. The van der Waals surface area contributed by atoms with Crippen LogP contribution in [0.5, 0.6) is 0 Å². The van der Waals surface area contributed by atoms with Crippen LogP contribution in [-0.4, -0.2) is 63.0 Å². The van der Waals surface area contributed by atoms with E-state index in [9.17, 15) is 4.79 Å². The summed E-state index contributed by atoms with van der Waals surface area (Å²) in [4.78, 5) is 18.9. The van der Waals surface area contributed by atoms with Gasteiger partial charge in [0.25, 0.3) is 0 Å². The number of carbonyl (C=O) groups is 1. The van der Waals surface area contributed by atoms with E-state index < -0.39 is 0 Å². The Bertz CT molecular complexity index is 976. The fourth-order valence-corrected chi connectivity index (χ4v) is 5.08. The van der Waals surface area contributed by atoms with E-state index in [4.69, 9.17) is 4.74 Å². The number of hydrogen-bond donors (Lipinski definition) is 0. The van der Waals surface area contributed by atoms with Crippen molar-refractivity contribution < 1.29 is 9.53 Å². The van der Waals surface area contributed by atoms with Gasteiger partial charge in [-0.25, -0.2) is 0 Å². The molecule has 2 saturated heterocycles. The molecular weight excluding hydrogens is 400 g/mol. The highest BCUT2D eigenvalue weighted by molar-refractivity contribution is 7.09. The van der Waals surface area contributed by atoms with Crippen LogP contribution in [0.2, 0.25) is 0 Å². The van der Waals surface area contributed by atoms with Gasteiger partial charge in [0.15, 0.2) is 5.65 Å². The molecule has 30 heavy (non-hydrogen) atoms. The third kappa shape index (κ3) is 4.17. The number of amides is 1. The molecule has 0 spiro atoms. The molecule has 1 unspecified atom stereocenters. The maximum atomic E-state index is 13.4. The second-order valence-electron chi connectivity index (χ2n) is 8.02. The first-order chi connectivity index (χ1) is 14.8. The minimum Gasteiger partial charge on any atom is -0.376 e. The van der Waals surface area contributed by atoms with E-state index in [1.54, 1.807) is 22.2 Å². The van der Waals surface area contributed by atoms with E-state index >= 15 is 0 Å². The molecule has 8 nitrogen and oxygen atoms in total. The van der Waals surface area contributed by atoms with Crippen LogP contribution in [0.15, 0.2) is 36.0 Å². The number of ether oxygens (including phenoxy) is 1. The lowest BCUT2D eigenvalue weighted by molar-refractivity contribution is -0.138. The van der Waals surface area contributed by atoms with Crippen molar-refractivity contribution >= 4 is 28.7 Å². The van der Waals surface area contributed by atoms with Crippen molar-refractivity contribution in [2.75, 3.05) is 31.1 Å². The Kier molecular flexibility index (Phi) is 5.63. The van der Waals surface area contributed by atoms with Crippen molar-refractivity contribution in [2.45, 2.75) is 38.3 Å². The summed E-state index contributed by atoms with van der Waals surface area (Å²) in [6.07, 6.45) is 5.61. The molecule has 3 aromatic rings. The topological polar surface area (TPSA) is 75.9 Å². The average molecular weight is 427 g/mol. The van der Waals surface area contributed by atoms with E-state index in [0.29, 0.717) is 13.1 Å². The van der Waals surface area contributed by atoms with Crippen molar-refractivity contribution in [3.63, 3.8) is 0 Å². The summed E-state index contributed by atoms with van der Waals surface area (Å²) in [6.45, 7) is 3.84. The summed E-state index contributed by atoms with van der Waals surface area (Å²) >= 11 is 1.71. The minimum absolute atomic E-state index is 0.0567. The maximum absolute atomic E-state index is 13.4. The van der Waals surface area contributed by atoms with Gasteiger partial charge in [-0.2, -0.15) is 4.52 Å². The van der Waals surface area contributed by atoms with E-state index in [0.717, 1.165) is 56.8 Å². The molecule has 0 aliphatic carbocycles. The first kappa shape index (κ1) is 19.4. The summed E-state index contributed by atoms with van der Waals surface area (Å²) in [5, 5.41) is 14.6. The van der Waals surface area contributed by atoms with E-state index in [-0.39, 0.29) is 17.9 Å². The SMILES string of the molecule is O=C(C1CCN(c2ccc3nncn3n2)CC1)N(Cc1cccs1)CC1CCCO1. The smallest absolute Gasteiger partial charge is 0.226 e. The number of carbonyl (C=O) groups excluding carboxylic acids is 1. The fourth-order valence-electron chi connectivity index (χ4n) is 4.36. The Labute approximate surface area is 179 Å². The summed E-state index contributed by atoms with van der Waals surface area (Å²) in [5.74, 6) is 1.23. The second kappa shape index (κ2) is 8.69. The predicted molar refractivity (Wildman–Crippen MR) is 114 cm³/mol. The normalized spacial score (nSPS) is 20.1. The predicted octanol–water partition coefficient (Wildman–Crippen LogP) is 2.61. The number of piperidine rings is 1. The van der Waals surface area contributed by atoms with Gasteiger partial charge in [0.2, 0.25) is 5.91 Å². The lowest BCUT2D eigenvalue weighted by Crippen LogP contribution is -2.44. The van der Waals surface area contributed by atoms with Gasteiger partial charge in [-0.15, -0.1) is 26.6 Å². The van der Waals surface area contributed by atoms with Crippen LogP contribution in [0.3, 0.4) is 0 Å². The molecule has 1 atom stereocenters. The maximum Gasteiger partial charge on any atom is 0.226 e. The van der Waals surface area contributed by atoms with Crippen LogP contribution in [0.1, 0.15) is 30.6 Å². The van der Waals surface area contributed by atoms with Gasteiger partial charge in [0.05, 0.1) is 12.6 Å². The summed E-state index contributed by atoms with van der Waals surface area (Å²) < 4.78 is 7.52. The largest absolute Gasteiger partial charge is 0.376 e. The number of anilines is 1. The van der Waals surface area contributed by atoms with Gasteiger partial charge in [-0.05, 0) is 49.3 Å². The molecule has 2 aliphatic rings. The fraction of sp³-hybridized carbons (Fsp3) is 0.524. The molecule has 0 radical (unpaired) electrons. The van der Waals surface area contributed by atoms with Gasteiger partial charge >= 0.3 is 0 Å². The number of thiophene rings is 1. The number of hydrogen-bond acceptors (Lipinski definition) is 7. The zero-order chi connectivity index (χ0) is 20.3. The Hall–Kier alpha value is -2.52. The minimum atomic E-state index is 0.0567. The molecule has 0 N–H and O–H groups in total. The summed E-state index contributed by atoms with van der Waals surface area (Å²) in [6, 6.07) is 8.06. The first-order valence-electron chi connectivity index (χ1n) is 10.6. The highest BCUT2D eigenvalue weighted by atomic mass is 32.1.